The molecule has 0 spiro atoms. The van der Waals surface area contributed by atoms with Crippen LogP contribution in [-0.2, 0) is 30.2 Å². The maximum Gasteiger partial charge on any atom is 0.337 e. The maximum atomic E-state index is 13.3. The van der Waals surface area contributed by atoms with Crippen LogP contribution in [0.5, 0.6) is 11.5 Å². The van der Waals surface area contributed by atoms with Crippen LogP contribution in [0.2, 0.25) is 0 Å². The van der Waals surface area contributed by atoms with E-state index in [0.29, 0.717) is 38.6 Å². The molecule has 4 rings (SSSR count). The van der Waals surface area contributed by atoms with E-state index >= 15 is 0 Å². The van der Waals surface area contributed by atoms with Gasteiger partial charge in [0.15, 0.2) is 6.29 Å². The Labute approximate surface area is 266 Å². The van der Waals surface area contributed by atoms with E-state index in [1.165, 1.54) is 20.3 Å². The Bertz CT molecular complexity index is 1270. The number of aryl methyl sites for hydroxylation is 1. The smallest absolute Gasteiger partial charge is 0.337 e. The number of carbonyl (C=O) groups excluding carboxylic acids is 3. The molecule has 1 amide bonds. The third-order valence-corrected chi connectivity index (χ3v) is 8.15. The average Bonchev–Trinajstić information content (AvgIpc) is 3.05. The molecular weight excluding hydrogens is 578 g/mol. The van der Waals surface area contributed by atoms with Crippen LogP contribution in [-0.4, -0.2) is 70.8 Å². The second-order valence-electron chi connectivity index (χ2n) is 12.6. The number of hydrogen-bond acceptors (Lipinski definition) is 9. The summed E-state index contributed by atoms with van der Waals surface area (Å²) in [5.41, 5.74) is 1.73. The topological polar surface area (TPSA) is 119 Å². The second-order valence-corrected chi connectivity index (χ2v) is 12.6. The van der Waals surface area contributed by atoms with E-state index in [2.05, 4.69) is 19.2 Å². The number of ether oxygens (including phenoxy) is 6. The van der Waals surface area contributed by atoms with Crippen molar-refractivity contribution in [2.45, 2.75) is 77.5 Å². The lowest BCUT2D eigenvalue weighted by atomic mass is 9.85. The molecule has 2 aliphatic rings. The van der Waals surface area contributed by atoms with Gasteiger partial charge in [0, 0.05) is 17.9 Å². The normalized spacial score (nSPS) is 19.7. The first kappa shape index (κ1) is 34.2. The van der Waals surface area contributed by atoms with Crippen molar-refractivity contribution in [3.05, 3.63) is 59.2 Å². The molecule has 2 atom stereocenters. The number of nitrogens with one attached hydrogen (secondary N) is 1. The van der Waals surface area contributed by atoms with Gasteiger partial charge in [0.2, 0.25) is 0 Å². The van der Waals surface area contributed by atoms with Gasteiger partial charge in [-0.2, -0.15) is 0 Å². The van der Waals surface area contributed by atoms with Gasteiger partial charge in [-0.15, -0.1) is 0 Å². The lowest BCUT2D eigenvalue weighted by molar-refractivity contribution is -0.224. The van der Waals surface area contributed by atoms with Gasteiger partial charge >= 0.3 is 11.9 Å². The summed E-state index contributed by atoms with van der Waals surface area (Å²) in [5, 5.41) is 3.02. The summed E-state index contributed by atoms with van der Waals surface area (Å²) in [4.78, 5) is 37.6. The number of carbonyl (C=O) groups is 3. The fraction of sp³-hybridized carbons (Fsp3) is 0.571. The minimum atomic E-state index is -0.539. The van der Waals surface area contributed by atoms with E-state index in [0.717, 1.165) is 56.3 Å². The minimum absolute atomic E-state index is 0.0748. The highest BCUT2D eigenvalue weighted by Gasteiger charge is 2.30. The Hall–Kier alpha value is -3.63. The molecule has 2 aromatic carbocycles. The summed E-state index contributed by atoms with van der Waals surface area (Å²) in [7, 11) is 2.67. The van der Waals surface area contributed by atoms with Gasteiger partial charge in [0.1, 0.15) is 11.5 Å². The molecule has 2 aromatic rings. The number of methoxy groups -OCH3 is 2. The molecule has 10 nitrogen and oxygen atoms in total. The van der Waals surface area contributed by atoms with Crippen molar-refractivity contribution >= 4 is 17.8 Å². The van der Waals surface area contributed by atoms with Crippen molar-refractivity contribution in [1.82, 2.24) is 5.32 Å². The van der Waals surface area contributed by atoms with Crippen LogP contribution >= 0.6 is 0 Å². The standard InChI is InChI=1S/C35H47NO9/c1-35(2)22-44-31(45-23-35)11-7-18-42-28-15-12-24(13-16-28)8-6-19-43-30-17-14-26(34(39)41-4)21-29(30)32(37)36-27-10-5-9-25(20-27)33(38)40-3/h12-17,21,25,27,31H,5-11,18-20,22-23H2,1-4H3,(H,36,37). The molecule has 0 radical (unpaired) electrons. The van der Waals surface area contributed by atoms with Gasteiger partial charge < -0.3 is 33.7 Å². The van der Waals surface area contributed by atoms with Gasteiger partial charge in [0.25, 0.3) is 5.91 Å². The number of rotatable bonds is 14. The van der Waals surface area contributed by atoms with Gasteiger partial charge in [-0.05, 0) is 74.4 Å². The number of hydrogen-bond donors (Lipinski definition) is 1. The summed E-state index contributed by atoms with van der Waals surface area (Å²) in [6, 6.07) is 12.5. The largest absolute Gasteiger partial charge is 0.494 e. The lowest BCUT2D eigenvalue weighted by Crippen LogP contribution is -2.40. The molecule has 1 N–H and O–H groups in total. The highest BCUT2D eigenvalue weighted by molar-refractivity contribution is 6.00. The molecule has 1 aliphatic heterocycles. The van der Waals surface area contributed by atoms with Crippen LogP contribution in [0.3, 0.4) is 0 Å². The SMILES string of the molecule is COC(=O)c1ccc(OCCCc2ccc(OCCCC3OCC(C)(C)CO3)cc2)c(C(=O)NC2CCCC(C(=O)OC)C2)c1. The fourth-order valence-corrected chi connectivity index (χ4v) is 5.59. The van der Waals surface area contributed by atoms with Crippen LogP contribution in [0.1, 0.15) is 85.1 Å². The molecule has 2 fully saturated rings. The third kappa shape index (κ3) is 10.5. The summed E-state index contributed by atoms with van der Waals surface area (Å²) in [5.74, 6) is -0.187. The molecule has 1 saturated carbocycles. The van der Waals surface area contributed by atoms with E-state index in [-0.39, 0.29) is 46.7 Å². The number of esters is 2. The zero-order chi connectivity index (χ0) is 32.2. The molecule has 1 aliphatic carbocycles. The average molecular weight is 626 g/mol. The Morgan fingerprint density at radius 3 is 2.36 bits per heavy atom. The molecule has 246 valence electrons. The predicted octanol–water partition coefficient (Wildman–Crippen LogP) is 5.50. The summed E-state index contributed by atoms with van der Waals surface area (Å²) < 4.78 is 33.2. The number of benzene rings is 2. The summed E-state index contributed by atoms with van der Waals surface area (Å²) >= 11 is 0. The van der Waals surface area contributed by atoms with E-state index in [1.54, 1.807) is 12.1 Å². The quantitative estimate of drug-likeness (QED) is 0.214. The van der Waals surface area contributed by atoms with Crippen LogP contribution < -0.4 is 14.8 Å². The van der Waals surface area contributed by atoms with Crippen LogP contribution in [0, 0.1) is 11.3 Å². The molecule has 45 heavy (non-hydrogen) atoms. The van der Waals surface area contributed by atoms with E-state index < -0.39 is 5.97 Å². The summed E-state index contributed by atoms with van der Waals surface area (Å²) in [6.07, 6.45) is 5.84. The van der Waals surface area contributed by atoms with E-state index in [4.69, 9.17) is 28.4 Å². The molecule has 0 bridgehead atoms. The highest BCUT2D eigenvalue weighted by Crippen LogP contribution is 2.28. The first-order chi connectivity index (χ1) is 21.7. The Balaban J connectivity index is 1.24. The molecule has 0 aromatic heterocycles. The lowest BCUT2D eigenvalue weighted by Gasteiger charge is -2.34. The molecule has 2 unspecified atom stereocenters. The van der Waals surface area contributed by atoms with E-state index in [9.17, 15) is 14.4 Å². The van der Waals surface area contributed by atoms with Gasteiger partial charge in [-0.3, -0.25) is 9.59 Å². The first-order valence-corrected chi connectivity index (χ1v) is 15.9. The maximum absolute atomic E-state index is 13.3. The Morgan fingerprint density at radius 1 is 0.911 bits per heavy atom. The molecule has 10 heteroatoms. The Morgan fingerprint density at radius 2 is 1.64 bits per heavy atom. The van der Waals surface area contributed by atoms with Crippen molar-refractivity contribution in [2.24, 2.45) is 11.3 Å². The van der Waals surface area contributed by atoms with Crippen molar-refractivity contribution in [1.29, 1.82) is 0 Å². The highest BCUT2D eigenvalue weighted by atomic mass is 16.7. The summed E-state index contributed by atoms with van der Waals surface area (Å²) in [6.45, 7) is 6.67. The Kier molecular flexibility index (Phi) is 12.6. The van der Waals surface area contributed by atoms with Gasteiger partial charge in [-0.25, -0.2) is 4.79 Å². The van der Waals surface area contributed by atoms with Crippen molar-refractivity contribution in [3.63, 3.8) is 0 Å². The third-order valence-electron chi connectivity index (χ3n) is 8.15. The van der Waals surface area contributed by atoms with Crippen molar-refractivity contribution in [3.8, 4) is 11.5 Å². The van der Waals surface area contributed by atoms with Crippen molar-refractivity contribution in [2.75, 3.05) is 40.6 Å². The van der Waals surface area contributed by atoms with Gasteiger partial charge in [0.05, 0.1) is 57.7 Å². The first-order valence-electron chi connectivity index (χ1n) is 15.9. The second kappa shape index (κ2) is 16.6. The van der Waals surface area contributed by atoms with E-state index in [1.807, 2.05) is 24.3 Å². The number of amides is 1. The molecule has 1 heterocycles. The monoisotopic (exact) mass is 625 g/mol. The predicted molar refractivity (Wildman–Crippen MR) is 167 cm³/mol. The zero-order valence-corrected chi connectivity index (χ0v) is 26.9. The van der Waals surface area contributed by atoms with Crippen LogP contribution in [0.15, 0.2) is 42.5 Å². The molecular formula is C35H47NO9. The minimum Gasteiger partial charge on any atom is -0.494 e. The molecule has 1 saturated heterocycles. The van der Waals surface area contributed by atoms with Crippen LogP contribution in [0.25, 0.3) is 0 Å². The zero-order valence-electron chi connectivity index (χ0n) is 26.9. The fourth-order valence-electron chi connectivity index (χ4n) is 5.59. The van der Waals surface area contributed by atoms with Crippen LogP contribution in [0.4, 0.5) is 0 Å². The van der Waals surface area contributed by atoms with Gasteiger partial charge in [-0.1, -0.05) is 32.4 Å². The van der Waals surface area contributed by atoms with Crippen molar-refractivity contribution < 1.29 is 42.8 Å².